The summed E-state index contributed by atoms with van der Waals surface area (Å²) in [4.78, 5) is 0. The molecule has 2 rings (SSSR count). The third-order valence-electron chi connectivity index (χ3n) is 3.92. The highest BCUT2D eigenvalue weighted by Crippen LogP contribution is 2.41. The summed E-state index contributed by atoms with van der Waals surface area (Å²) in [6.45, 7) is 6.99. The minimum atomic E-state index is 0.0218. The standard InChI is InChI=1S/C17H27NO2/c1-3-13-18-14-12-17(10-7-11-17)20-16-9-6-5-8-15(16)19-4-2/h5-6,8-9,18H,3-4,7,10-14H2,1-2H3. The smallest absolute Gasteiger partial charge is 0.162 e. The van der Waals surface area contributed by atoms with Crippen molar-refractivity contribution in [1.29, 1.82) is 0 Å². The van der Waals surface area contributed by atoms with E-state index in [-0.39, 0.29) is 5.60 Å². The van der Waals surface area contributed by atoms with Crippen LogP contribution < -0.4 is 14.8 Å². The van der Waals surface area contributed by atoms with Crippen molar-refractivity contribution in [3.8, 4) is 11.5 Å². The van der Waals surface area contributed by atoms with Gasteiger partial charge in [-0.15, -0.1) is 0 Å². The molecule has 0 spiro atoms. The summed E-state index contributed by atoms with van der Waals surface area (Å²) in [6.07, 6.45) is 5.83. The van der Waals surface area contributed by atoms with Crippen LogP contribution in [-0.4, -0.2) is 25.3 Å². The van der Waals surface area contributed by atoms with Gasteiger partial charge in [-0.3, -0.25) is 0 Å². The molecule has 0 amide bonds. The average molecular weight is 277 g/mol. The fourth-order valence-electron chi connectivity index (χ4n) is 2.63. The van der Waals surface area contributed by atoms with Gasteiger partial charge in [-0.25, -0.2) is 0 Å². The second kappa shape index (κ2) is 7.53. The molecule has 1 saturated carbocycles. The summed E-state index contributed by atoms with van der Waals surface area (Å²) in [5.74, 6) is 1.76. The minimum absolute atomic E-state index is 0.0218. The van der Waals surface area contributed by atoms with Crippen molar-refractivity contribution in [2.45, 2.75) is 51.6 Å². The highest BCUT2D eigenvalue weighted by atomic mass is 16.5. The molecule has 20 heavy (non-hydrogen) atoms. The summed E-state index contributed by atoms with van der Waals surface area (Å²) >= 11 is 0. The predicted octanol–water partition coefficient (Wildman–Crippen LogP) is 3.78. The predicted molar refractivity (Wildman–Crippen MR) is 82.6 cm³/mol. The first-order valence-electron chi connectivity index (χ1n) is 7.91. The maximum absolute atomic E-state index is 6.34. The Labute approximate surface area is 122 Å². The quantitative estimate of drug-likeness (QED) is 0.697. The summed E-state index contributed by atoms with van der Waals surface area (Å²) < 4.78 is 12.0. The second-order valence-electron chi connectivity index (χ2n) is 5.52. The van der Waals surface area contributed by atoms with E-state index in [2.05, 4.69) is 12.2 Å². The number of hydrogen-bond acceptors (Lipinski definition) is 3. The van der Waals surface area contributed by atoms with Crippen molar-refractivity contribution in [2.24, 2.45) is 0 Å². The van der Waals surface area contributed by atoms with E-state index < -0.39 is 0 Å². The van der Waals surface area contributed by atoms with Crippen LogP contribution in [0, 0.1) is 0 Å². The Bertz CT molecular complexity index is 402. The van der Waals surface area contributed by atoms with Gasteiger partial charge in [-0.1, -0.05) is 19.1 Å². The van der Waals surface area contributed by atoms with Crippen LogP contribution in [0.15, 0.2) is 24.3 Å². The minimum Gasteiger partial charge on any atom is -0.490 e. The molecule has 3 heteroatoms. The lowest BCUT2D eigenvalue weighted by Gasteiger charge is -2.42. The van der Waals surface area contributed by atoms with Crippen LogP contribution in [0.2, 0.25) is 0 Å². The van der Waals surface area contributed by atoms with E-state index in [1.165, 1.54) is 12.8 Å². The maximum atomic E-state index is 6.34. The number of hydrogen-bond donors (Lipinski definition) is 1. The Morgan fingerprint density at radius 1 is 1.10 bits per heavy atom. The van der Waals surface area contributed by atoms with Gasteiger partial charge in [0.15, 0.2) is 11.5 Å². The van der Waals surface area contributed by atoms with E-state index in [0.717, 1.165) is 43.9 Å². The van der Waals surface area contributed by atoms with Gasteiger partial charge in [-0.2, -0.15) is 0 Å². The Hall–Kier alpha value is -1.22. The normalized spacial score (nSPS) is 16.5. The average Bonchev–Trinajstić information content (AvgIpc) is 2.42. The molecule has 3 nitrogen and oxygen atoms in total. The zero-order chi connectivity index (χ0) is 14.3. The molecule has 0 bridgehead atoms. The molecule has 1 aromatic carbocycles. The Balaban J connectivity index is 1.95. The summed E-state index contributed by atoms with van der Waals surface area (Å²) in [5.41, 5.74) is 0.0218. The van der Waals surface area contributed by atoms with Gasteiger partial charge in [0.25, 0.3) is 0 Å². The summed E-state index contributed by atoms with van der Waals surface area (Å²) in [6, 6.07) is 8.01. The van der Waals surface area contributed by atoms with Crippen LogP contribution in [0.25, 0.3) is 0 Å². The monoisotopic (exact) mass is 277 g/mol. The van der Waals surface area contributed by atoms with E-state index in [0.29, 0.717) is 6.61 Å². The van der Waals surface area contributed by atoms with E-state index in [1.54, 1.807) is 0 Å². The number of nitrogens with one attached hydrogen (secondary N) is 1. The second-order valence-corrected chi connectivity index (χ2v) is 5.52. The van der Waals surface area contributed by atoms with Gasteiger partial charge in [-0.05, 0) is 64.3 Å². The third-order valence-corrected chi connectivity index (χ3v) is 3.92. The van der Waals surface area contributed by atoms with Crippen molar-refractivity contribution < 1.29 is 9.47 Å². The van der Waals surface area contributed by atoms with E-state index >= 15 is 0 Å². The number of para-hydroxylation sites is 2. The maximum Gasteiger partial charge on any atom is 0.162 e. The first-order chi connectivity index (χ1) is 9.79. The molecule has 1 aliphatic rings. The highest BCUT2D eigenvalue weighted by molar-refractivity contribution is 5.40. The van der Waals surface area contributed by atoms with Crippen LogP contribution in [0.1, 0.15) is 46.0 Å². The van der Waals surface area contributed by atoms with Crippen LogP contribution in [0.4, 0.5) is 0 Å². The Morgan fingerprint density at radius 2 is 1.85 bits per heavy atom. The van der Waals surface area contributed by atoms with Gasteiger partial charge < -0.3 is 14.8 Å². The topological polar surface area (TPSA) is 30.5 Å². The fourth-order valence-corrected chi connectivity index (χ4v) is 2.63. The fraction of sp³-hybridized carbons (Fsp3) is 0.647. The van der Waals surface area contributed by atoms with E-state index in [9.17, 15) is 0 Å². The molecule has 1 fully saturated rings. The molecule has 0 heterocycles. The van der Waals surface area contributed by atoms with Crippen molar-refractivity contribution in [3.63, 3.8) is 0 Å². The molecule has 0 aliphatic heterocycles. The SMILES string of the molecule is CCCNCCC1(Oc2ccccc2OCC)CCC1. The molecule has 0 radical (unpaired) electrons. The molecule has 112 valence electrons. The van der Waals surface area contributed by atoms with Gasteiger partial charge in [0, 0.05) is 0 Å². The lowest BCUT2D eigenvalue weighted by Crippen LogP contribution is -2.45. The summed E-state index contributed by atoms with van der Waals surface area (Å²) in [7, 11) is 0. The first kappa shape index (κ1) is 15.2. The molecular formula is C17H27NO2. The Morgan fingerprint density at radius 3 is 2.45 bits per heavy atom. The van der Waals surface area contributed by atoms with Crippen molar-refractivity contribution in [2.75, 3.05) is 19.7 Å². The van der Waals surface area contributed by atoms with Crippen LogP contribution >= 0.6 is 0 Å². The van der Waals surface area contributed by atoms with Gasteiger partial charge in [0.2, 0.25) is 0 Å². The lowest BCUT2D eigenvalue weighted by atomic mass is 9.77. The molecule has 0 atom stereocenters. The first-order valence-corrected chi connectivity index (χ1v) is 7.91. The van der Waals surface area contributed by atoms with Gasteiger partial charge in [0.1, 0.15) is 5.60 Å². The van der Waals surface area contributed by atoms with Crippen molar-refractivity contribution in [3.05, 3.63) is 24.3 Å². The van der Waals surface area contributed by atoms with Gasteiger partial charge in [0.05, 0.1) is 6.61 Å². The third kappa shape index (κ3) is 3.89. The lowest BCUT2D eigenvalue weighted by molar-refractivity contribution is -0.0163. The zero-order valence-electron chi connectivity index (χ0n) is 12.8. The summed E-state index contributed by atoms with van der Waals surface area (Å²) in [5, 5.41) is 3.47. The largest absolute Gasteiger partial charge is 0.490 e. The number of ether oxygens (including phenoxy) is 2. The van der Waals surface area contributed by atoms with E-state index in [4.69, 9.17) is 9.47 Å². The highest BCUT2D eigenvalue weighted by Gasteiger charge is 2.39. The molecule has 0 aromatic heterocycles. The Kier molecular flexibility index (Phi) is 5.72. The molecule has 0 saturated heterocycles. The van der Waals surface area contributed by atoms with E-state index in [1.807, 2.05) is 31.2 Å². The van der Waals surface area contributed by atoms with Crippen LogP contribution in [-0.2, 0) is 0 Å². The molecule has 0 unspecified atom stereocenters. The molecule has 1 aromatic rings. The van der Waals surface area contributed by atoms with Crippen molar-refractivity contribution >= 4 is 0 Å². The zero-order valence-corrected chi connectivity index (χ0v) is 12.8. The molecular weight excluding hydrogens is 250 g/mol. The number of benzene rings is 1. The van der Waals surface area contributed by atoms with Crippen LogP contribution in [0.5, 0.6) is 11.5 Å². The van der Waals surface area contributed by atoms with Crippen molar-refractivity contribution in [1.82, 2.24) is 5.32 Å². The molecule has 1 N–H and O–H groups in total. The molecule has 1 aliphatic carbocycles. The van der Waals surface area contributed by atoms with Gasteiger partial charge >= 0.3 is 0 Å². The van der Waals surface area contributed by atoms with Crippen LogP contribution in [0.3, 0.4) is 0 Å². The number of rotatable bonds is 9.